The van der Waals surface area contributed by atoms with Gasteiger partial charge in [-0.3, -0.25) is 9.59 Å². The number of hydrogen-bond acceptors (Lipinski definition) is 3. The third-order valence-electron chi connectivity index (χ3n) is 5.62. The highest BCUT2D eigenvalue weighted by atomic mass is 35.5. The lowest BCUT2D eigenvalue weighted by atomic mass is 10.0. The maximum Gasteiger partial charge on any atom is 0.231 e. The Bertz CT molecular complexity index is 1340. The zero-order valence-corrected chi connectivity index (χ0v) is 21.6. The molecule has 0 radical (unpaired) electrons. The van der Waals surface area contributed by atoms with Gasteiger partial charge in [-0.05, 0) is 53.6 Å². The molecule has 2 aromatic carbocycles. The zero-order chi connectivity index (χ0) is 25.5. The molecule has 4 rings (SSSR count). The number of aromatic nitrogens is 1. The predicted molar refractivity (Wildman–Crippen MR) is 140 cm³/mol. The van der Waals surface area contributed by atoms with Gasteiger partial charge in [0.25, 0.3) is 0 Å². The molecule has 35 heavy (non-hydrogen) atoms. The number of anilines is 1. The quantitative estimate of drug-likeness (QED) is 0.179. The van der Waals surface area contributed by atoms with Crippen LogP contribution in [-0.2, 0) is 11.2 Å². The van der Waals surface area contributed by atoms with Crippen LogP contribution in [0.4, 0.5) is 10.1 Å². The number of Topliss-reactive ketones (excluding diaryl/α,β-unsaturated/α-hetero) is 1. The third-order valence-corrected chi connectivity index (χ3v) is 7.33. The highest BCUT2D eigenvalue weighted by Gasteiger charge is 2.67. The predicted octanol–water partition coefficient (Wildman–Crippen LogP) is 7.78. The van der Waals surface area contributed by atoms with Gasteiger partial charge in [-0.1, -0.05) is 47.5 Å². The van der Waals surface area contributed by atoms with Crippen molar-refractivity contribution in [2.24, 2.45) is 5.92 Å². The van der Waals surface area contributed by atoms with Crippen molar-refractivity contribution in [2.75, 3.05) is 5.32 Å². The summed E-state index contributed by atoms with van der Waals surface area (Å²) in [6, 6.07) is 10.9. The van der Waals surface area contributed by atoms with E-state index in [0.29, 0.717) is 26.9 Å². The van der Waals surface area contributed by atoms with Gasteiger partial charge in [-0.2, -0.15) is 4.39 Å². The zero-order valence-electron chi connectivity index (χ0n) is 17.8. The Balaban J connectivity index is 1.51. The number of ketones is 1. The SMILES string of the molecule is C=Cc1cc(CC(=O)c2cc(NC(=O)C3C(c4cc(Cl)cc(Cl)c4)C3(Cl)Cl)ccc2Cl)cnc1F. The summed E-state index contributed by atoms with van der Waals surface area (Å²) in [6.07, 6.45) is 2.52. The molecule has 0 spiro atoms. The molecule has 1 saturated carbocycles. The van der Waals surface area contributed by atoms with Gasteiger partial charge in [0.2, 0.25) is 11.9 Å². The highest BCUT2D eigenvalue weighted by Crippen LogP contribution is 2.65. The Morgan fingerprint density at radius 1 is 1.09 bits per heavy atom. The molecule has 1 amide bonds. The summed E-state index contributed by atoms with van der Waals surface area (Å²) >= 11 is 31.2. The van der Waals surface area contributed by atoms with Crippen molar-refractivity contribution in [3.05, 3.63) is 98.5 Å². The second-order valence-corrected chi connectivity index (χ2v) is 10.8. The Hall–Kier alpha value is -2.15. The maximum absolute atomic E-state index is 13.6. The Morgan fingerprint density at radius 2 is 1.77 bits per heavy atom. The summed E-state index contributed by atoms with van der Waals surface area (Å²) in [5, 5.41) is 3.75. The fourth-order valence-corrected chi connectivity index (χ4v) is 5.48. The van der Waals surface area contributed by atoms with Crippen molar-refractivity contribution < 1.29 is 14.0 Å². The van der Waals surface area contributed by atoms with E-state index in [-0.39, 0.29) is 28.4 Å². The number of hydrogen-bond donors (Lipinski definition) is 1. The smallest absolute Gasteiger partial charge is 0.231 e. The molecule has 0 bridgehead atoms. The van der Waals surface area contributed by atoms with E-state index in [0.717, 1.165) is 0 Å². The second-order valence-electron chi connectivity index (χ2n) is 8.04. The number of nitrogens with zero attached hydrogens (tertiary/aromatic N) is 1. The molecule has 4 nitrogen and oxygen atoms in total. The van der Waals surface area contributed by atoms with Gasteiger partial charge in [-0.15, -0.1) is 23.2 Å². The average molecular weight is 573 g/mol. The molecular weight excluding hydrogens is 557 g/mol. The van der Waals surface area contributed by atoms with Gasteiger partial charge in [0.1, 0.15) is 4.33 Å². The van der Waals surface area contributed by atoms with Crippen LogP contribution in [0.3, 0.4) is 0 Å². The molecule has 0 saturated heterocycles. The van der Waals surface area contributed by atoms with Crippen molar-refractivity contribution in [1.82, 2.24) is 4.98 Å². The largest absolute Gasteiger partial charge is 0.326 e. The summed E-state index contributed by atoms with van der Waals surface area (Å²) in [5.74, 6) is -2.73. The van der Waals surface area contributed by atoms with E-state index in [2.05, 4.69) is 16.9 Å². The molecule has 180 valence electrons. The van der Waals surface area contributed by atoms with Crippen LogP contribution in [0, 0.1) is 11.9 Å². The molecule has 3 aromatic rings. The number of rotatable bonds is 7. The lowest BCUT2D eigenvalue weighted by Gasteiger charge is -2.10. The number of benzene rings is 2. The number of carbonyl (C=O) groups is 2. The van der Waals surface area contributed by atoms with Crippen LogP contribution in [-0.4, -0.2) is 21.0 Å². The molecular formula is C25H16Cl5FN2O2. The molecule has 0 aliphatic heterocycles. The first-order valence-electron chi connectivity index (χ1n) is 10.3. The van der Waals surface area contributed by atoms with E-state index in [1.54, 1.807) is 24.3 Å². The summed E-state index contributed by atoms with van der Waals surface area (Å²) in [7, 11) is 0. The van der Waals surface area contributed by atoms with Crippen LogP contribution >= 0.6 is 58.0 Å². The van der Waals surface area contributed by atoms with Gasteiger partial charge in [-0.25, -0.2) is 4.98 Å². The van der Waals surface area contributed by atoms with Crippen molar-refractivity contribution in [3.8, 4) is 0 Å². The van der Waals surface area contributed by atoms with E-state index in [1.165, 1.54) is 30.5 Å². The van der Waals surface area contributed by atoms with E-state index in [4.69, 9.17) is 58.0 Å². The lowest BCUT2D eigenvalue weighted by molar-refractivity contribution is -0.117. The Morgan fingerprint density at radius 3 is 2.43 bits per heavy atom. The first kappa shape index (κ1) is 25.9. The van der Waals surface area contributed by atoms with Crippen molar-refractivity contribution in [2.45, 2.75) is 16.7 Å². The number of amides is 1. The van der Waals surface area contributed by atoms with Crippen LogP contribution in [0.25, 0.3) is 6.08 Å². The average Bonchev–Trinajstić information content (AvgIpc) is 3.37. The van der Waals surface area contributed by atoms with Crippen LogP contribution in [0.5, 0.6) is 0 Å². The third kappa shape index (κ3) is 5.50. The molecule has 1 aromatic heterocycles. The minimum absolute atomic E-state index is 0.0715. The summed E-state index contributed by atoms with van der Waals surface area (Å²) in [5.41, 5.74) is 1.85. The number of halogens is 6. The normalized spacial score (nSPS) is 18.1. The Kier molecular flexibility index (Phi) is 7.46. The van der Waals surface area contributed by atoms with Crippen LogP contribution in [0.1, 0.15) is 33.0 Å². The number of carbonyl (C=O) groups excluding carboxylic acids is 2. The second kappa shape index (κ2) is 10.1. The summed E-state index contributed by atoms with van der Waals surface area (Å²) in [6.45, 7) is 3.53. The fraction of sp³-hybridized carbons (Fsp3) is 0.160. The van der Waals surface area contributed by atoms with Gasteiger partial charge in [0.05, 0.1) is 10.9 Å². The summed E-state index contributed by atoms with van der Waals surface area (Å²) < 4.78 is 12.3. The van der Waals surface area contributed by atoms with E-state index < -0.39 is 28.0 Å². The molecule has 10 heteroatoms. The number of nitrogens with one attached hydrogen (secondary N) is 1. The van der Waals surface area contributed by atoms with E-state index >= 15 is 0 Å². The molecule has 1 fully saturated rings. The van der Waals surface area contributed by atoms with Gasteiger partial charge in [0.15, 0.2) is 5.78 Å². The molecule has 1 aliphatic rings. The molecule has 2 unspecified atom stereocenters. The lowest BCUT2D eigenvalue weighted by Crippen LogP contribution is -2.17. The Labute approximate surface area is 226 Å². The monoisotopic (exact) mass is 570 g/mol. The highest BCUT2D eigenvalue weighted by molar-refractivity contribution is 6.53. The van der Waals surface area contributed by atoms with Crippen molar-refractivity contribution >= 4 is 81.5 Å². The minimum atomic E-state index is -1.35. The fourth-order valence-electron chi connectivity index (χ4n) is 3.89. The first-order chi connectivity index (χ1) is 16.5. The van der Waals surface area contributed by atoms with Crippen LogP contribution < -0.4 is 5.32 Å². The number of alkyl halides is 2. The summed E-state index contributed by atoms with van der Waals surface area (Å²) in [4.78, 5) is 29.5. The topological polar surface area (TPSA) is 59.1 Å². The molecule has 1 aliphatic carbocycles. The molecule has 1 N–H and O–H groups in total. The van der Waals surface area contributed by atoms with E-state index in [9.17, 15) is 14.0 Å². The van der Waals surface area contributed by atoms with Crippen molar-refractivity contribution in [1.29, 1.82) is 0 Å². The number of pyridine rings is 1. The van der Waals surface area contributed by atoms with E-state index in [1.807, 2.05) is 0 Å². The van der Waals surface area contributed by atoms with Crippen LogP contribution in [0.15, 0.2) is 55.2 Å². The minimum Gasteiger partial charge on any atom is -0.326 e. The van der Waals surface area contributed by atoms with Crippen LogP contribution in [0.2, 0.25) is 15.1 Å². The van der Waals surface area contributed by atoms with Crippen molar-refractivity contribution in [3.63, 3.8) is 0 Å². The molecule has 1 heterocycles. The standard InChI is InChI=1S/C25H16Cl5FN2O2/c1-2-13-5-12(11-32-23(13)31)6-20(34)18-10-17(3-4-19(18)28)33-24(35)22-21(25(22,29)30)14-7-15(26)9-16(27)8-14/h2-5,7-11,21-22H,1,6H2,(H,33,35). The van der Waals surface area contributed by atoms with Gasteiger partial charge < -0.3 is 5.32 Å². The first-order valence-corrected chi connectivity index (χ1v) is 12.1. The van der Waals surface area contributed by atoms with Gasteiger partial charge in [0, 0.05) is 45.4 Å². The maximum atomic E-state index is 13.6. The molecule has 2 atom stereocenters. The van der Waals surface area contributed by atoms with Gasteiger partial charge >= 0.3 is 0 Å².